The lowest BCUT2D eigenvalue weighted by Crippen LogP contribution is -1.97. The van der Waals surface area contributed by atoms with Gasteiger partial charge in [0, 0.05) is 12.0 Å². The molecule has 0 amide bonds. The van der Waals surface area contributed by atoms with Crippen LogP contribution in [-0.4, -0.2) is 11.2 Å². The van der Waals surface area contributed by atoms with E-state index in [9.17, 15) is 5.11 Å². The molecule has 0 saturated heterocycles. The average Bonchev–Trinajstić information content (AvgIpc) is 2.58. The van der Waals surface area contributed by atoms with Crippen molar-refractivity contribution in [2.45, 2.75) is 97.0 Å². The number of aliphatic hydroxyl groups is 1. The fraction of sp³-hybridized carbons (Fsp3) is 0.652. The van der Waals surface area contributed by atoms with Crippen LogP contribution in [0.25, 0.3) is 0 Å². The van der Waals surface area contributed by atoms with Gasteiger partial charge >= 0.3 is 0 Å². The van der Waals surface area contributed by atoms with Gasteiger partial charge in [-0.25, -0.2) is 0 Å². The molecule has 0 radical (unpaired) electrons. The standard InChI is InChI=1S/C23H36O/c1-4-5-6-7-8-10-13-20(2)23-18-16-22(17-19-23)15-12-9-11-14-21(3)24/h16-21,24H,4-11,13-14H2,1-3H3. The first-order valence-corrected chi connectivity index (χ1v) is 9.90. The number of hydrogen-bond acceptors (Lipinski definition) is 1. The molecule has 0 saturated carbocycles. The SMILES string of the molecule is CCCCCCCCC(C)c1ccc(C#CCCCC(C)O)cc1. The predicted octanol–water partition coefficient (Wildman–Crippen LogP) is 6.44. The molecule has 1 aromatic carbocycles. The van der Waals surface area contributed by atoms with E-state index in [1.165, 1.54) is 50.5 Å². The molecule has 134 valence electrons. The zero-order valence-corrected chi connectivity index (χ0v) is 16.0. The zero-order chi connectivity index (χ0) is 17.6. The number of unbranched alkanes of at least 4 members (excludes halogenated alkanes) is 6. The first-order valence-electron chi connectivity index (χ1n) is 9.90. The number of rotatable bonds is 11. The van der Waals surface area contributed by atoms with Crippen LogP contribution in [0.3, 0.4) is 0 Å². The van der Waals surface area contributed by atoms with Crippen LogP contribution in [0, 0.1) is 11.8 Å². The van der Waals surface area contributed by atoms with Crippen molar-refractivity contribution in [3.05, 3.63) is 35.4 Å². The van der Waals surface area contributed by atoms with Crippen molar-refractivity contribution in [1.29, 1.82) is 0 Å². The molecule has 0 heterocycles. The number of benzene rings is 1. The van der Waals surface area contributed by atoms with Crippen LogP contribution in [-0.2, 0) is 0 Å². The van der Waals surface area contributed by atoms with E-state index in [0.29, 0.717) is 5.92 Å². The van der Waals surface area contributed by atoms with Crippen molar-refractivity contribution in [3.63, 3.8) is 0 Å². The van der Waals surface area contributed by atoms with Crippen LogP contribution in [0.5, 0.6) is 0 Å². The lowest BCUT2D eigenvalue weighted by Gasteiger charge is -2.11. The summed E-state index contributed by atoms with van der Waals surface area (Å²) in [5.41, 5.74) is 2.53. The van der Waals surface area contributed by atoms with E-state index in [1.807, 2.05) is 6.92 Å². The number of hydrogen-bond donors (Lipinski definition) is 1. The maximum Gasteiger partial charge on any atom is 0.0512 e. The van der Waals surface area contributed by atoms with Crippen LogP contribution in [0.2, 0.25) is 0 Å². The van der Waals surface area contributed by atoms with Gasteiger partial charge in [-0.2, -0.15) is 0 Å². The summed E-state index contributed by atoms with van der Waals surface area (Å²) in [5.74, 6) is 7.07. The third-order valence-electron chi connectivity index (χ3n) is 4.63. The minimum atomic E-state index is -0.209. The van der Waals surface area contributed by atoms with Crippen molar-refractivity contribution in [2.24, 2.45) is 0 Å². The quantitative estimate of drug-likeness (QED) is 0.366. The summed E-state index contributed by atoms with van der Waals surface area (Å²) >= 11 is 0. The summed E-state index contributed by atoms with van der Waals surface area (Å²) in [6.45, 7) is 6.44. The van der Waals surface area contributed by atoms with Gasteiger partial charge in [0.2, 0.25) is 0 Å². The third-order valence-corrected chi connectivity index (χ3v) is 4.63. The van der Waals surface area contributed by atoms with Crippen molar-refractivity contribution in [3.8, 4) is 11.8 Å². The Labute approximate surface area is 149 Å². The summed E-state index contributed by atoms with van der Waals surface area (Å²) in [6.07, 6.45) is 12.0. The molecule has 0 aliphatic heterocycles. The maximum absolute atomic E-state index is 9.22. The molecule has 24 heavy (non-hydrogen) atoms. The van der Waals surface area contributed by atoms with E-state index in [1.54, 1.807) is 0 Å². The molecular weight excluding hydrogens is 292 g/mol. The highest BCUT2D eigenvalue weighted by atomic mass is 16.3. The highest BCUT2D eigenvalue weighted by Crippen LogP contribution is 2.22. The topological polar surface area (TPSA) is 20.2 Å². The molecule has 0 bridgehead atoms. The second-order valence-corrected chi connectivity index (χ2v) is 7.12. The van der Waals surface area contributed by atoms with Crippen LogP contribution < -0.4 is 0 Å². The molecule has 1 nitrogen and oxygen atoms in total. The second kappa shape index (κ2) is 13.1. The van der Waals surface area contributed by atoms with E-state index in [4.69, 9.17) is 0 Å². The Bertz CT molecular complexity index is 475. The van der Waals surface area contributed by atoms with E-state index < -0.39 is 0 Å². The molecule has 1 heteroatoms. The lowest BCUT2D eigenvalue weighted by atomic mass is 9.94. The van der Waals surface area contributed by atoms with Gasteiger partial charge in [-0.3, -0.25) is 0 Å². The maximum atomic E-state index is 9.22. The largest absolute Gasteiger partial charge is 0.393 e. The highest BCUT2D eigenvalue weighted by Gasteiger charge is 2.05. The highest BCUT2D eigenvalue weighted by molar-refractivity contribution is 5.36. The Morgan fingerprint density at radius 3 is 2.21 bits per heavy atom. The van der Waals surface area contributed by atoms with Crippen molar-refractivity contribution in [1.82, 2.24) is 0 Å². The molecule has 2 atom stereocenters. The Morgan fingerprint density at radius 2 is 1.54 bits per heavy atom. The lowest BCUT2D eigenvalue weighted by molar-refractivity contribution is 0.182. The smallest absolute Gasteiger partial charge is 0.0512 e. The third kappa shape index (κ3) is 9.78. The van der Waals surface area contributed by atoms with Gasteiger partial charge in [0.05, 0.1) is 6.10 Å². The fourth-order valence-electron chi connectivity index (χ4n) is 2.94. The minimum Gasteiger partial charge on any atom is -0.393 e. The summed E-state index contributed by atoms with van der Waals surface area (Å²) in [6, 6.07) is 8.77. The van der Waals surface area contributed by atoms with Crippen LogP contribution in [0.15, 0.2) is 24.3 Å². The van der Waals surface area contributed by atoms with Gasteiger partial charge in [-0.05, 0) is 49.8 Å². The minimum absolute atomic E-state index is 0.209. The van der Waals surface area contributed by atoms with Gasteiger partial charge in [0.1, 0.15) is 0 Å². The van der Waals surface area contributed by atoms with Crippen molar-refractivity contribution >= 4 is 0 Å². The average molecular weight is 329 g/mol. The van der Waals surface area contributed by atoms with E-state index >= 15 is 0 Å². The van der Waals surface area contributed by atoms with Crippen molar-refractivity contribution < 1.29 is 5.11 Å². The van der Waals surface area contributed by atoms with E-state index in [2.05, 4.69) is 50.0 Å². The van der Waals surface area contributed by atoms with Gasteiger partial charge in [0.25, 0.3) is 0 Å². The Kier molecular flexibility index (Phi) is 11.3. The predicted molar refractivity (Wildman–Crippen MR) is 105 cm³/mol. The molecule has 1 aromatic rings. The molecule has 0 aromatic heterocycles. The Balaban J connectivity index is 2.29. The molecular formula is C23H36O. The van der Waals surface area contributed by atoms with E-state index in [0.717, 1.165) is 24.8 Å². The first-order chi connectivity index (χ1) is 11.6. The van der Waals surface area contributed by atoms with Crippen LogP contribution in [0.1, 0.15) is 102 Å². The second-order valence-electron chi connectivity index (χ2n) is 7.12. The Hall–Kier alpha value is -1.26. The molecule has 0 aliphatic rings. The van der Waals surface area contributed by atoms with Gasteiger partial charge in [0.15, 0.2) is 0 Å². The summed E-state index contributed by atoms with van der Waals surface area (Å²) in [5, 5.41) is 9.22. The van der Waals surface area contributed by atoms with Gasteiger partial charge in [-0.1, -0.05) is 76.3 Å². The molecule has 1 N–H and O–H groups in total. The van der Waals surface area contributed by atoms with Crippen LogP contribution in [0.4, 0.5) is 0 Å². The molecule has 0 spiro atoms. The summed E-state index contributed by atoms with van der Waals surface area (Å²) in [7, 11) is 0. The first kappa shape index (κ1) is 20.8. The van der Waals surface area contributed by atoms with E-state index in [-0.39, 0.29) is 6.10 Å². The summed E-state index contributed by atoms with van der Waals surface area (Å²) in [4.78, 5) is 0. The normalized spacial score (nSPS) is 13.2. The summed E-state index contributed by atoms with van der Waals surface area (Å²) < 4.78 is 0. The molecule has 0 fully saturated rings. The molecule has 0 aliphatic carbocycles. The monoisotopic (exact) mass is 328 g/mol. The zero-order valence-electron chi connectivity index (χ0n) is 16.0. The molecule has 2 unspecified atom stereocenters. The van der Waals surface area contributed by atoms with Crippen molar-refractivity contribution in [2.75, 3.05) is 0 Å². The van der Waals surface area contributed by atoms with Gasteiger partial charge < -0.3 is 5.11 Å². The van der Waals surface area contributed by atoms with Crippen LogP contribution >= 0.6 is 0 Å². The fourth-order valence-corrected chi connectivity index (χ4v) is 2.94. The molecule has 1 rings (SSSR count). The Morgan fingerprint density at radius 1 is 0.875 bits per heavy atom. The number of aliphatic hydroxyl groups excluding tert-OH is 1. The van der Waals surface area contributed by atoms with Gasteiger partial charge in [-0.15, -0.1) is 0 Å².